The van der Waals surface area contributed by atoms with Crippen LogP contribution in [0.25, 0.3) is 0 Å². The van der Waals surface area contributed by atoms with Crippen LogP contribution in [0.2, 0.25) is 0 Å². The van der Waals surface area contributed by atoms with Gasteiger partial charge in [-0.05, 0) is 38.6 Å². The van der Waals surface area contributed by atoms with Crippen molar-refractivity contribution in [3.8, 4) is 0 Å². The number of likely N-dealkylation sites (N-methyl/N-ethyl adjacent to an activating group) is 1. The molecule has 0 fully saturated rings. The van der Waals surface area contributed by atoms with Crippen molar-refractivity contribution in [2.75, 3.05) is 14.1 Å². The lowest BCUT2D eigenvalue weighted by molar-refractivity contribution is -0.129. The number of carbonyl (C=O) groups is 1. The fourth-order valence-corrected chi connectivity index (χ4v) is 2.55. The smallest absolute Gasteiger partial charge is 0.162 e. The van der Waals surface area contributed by atoms with Gasteiger partial charge in [0, 0.05) is 6.42 Å². The highest BCUT2D eigenvalue weighted by molar-refractivity contribution is 5.90. The predicted molar refractivity (Wildman–Crippen MR) is 72.1 cm³/mol. The molecular formula is C15H21F2NO. The summed E-state index contributed by atoms with van der Waals surface area (Å²) in [5, 5.41) is 0. The zero-order chi connectivity index (χ0) is 14.6. The van der Waals surface area contributed by atoms with Gasteiger partial charge in [-0.2, -0.15) is 0 Å². The van der Waals surface area contributed by atoms with Gasteiger partial charge in [0.15, 0.2) is 17.4 Å². The van der Waals surface area contributed by atoms with Crippen LogP contribution in [0.3, 0.4) is 0 Å². The quantitative estimate of drug-likeness (QED) is 0.790. The van der Waals surface area contributed by atoms with E-state index in [-0.39, 0.29) is 17.8 Å². The Morgan fingerprint density at radius 1 is 1.21 bits per heavy atom. The molecule has 0 saturated heterocycles. The van der Waals surface area contributed by atoms with E-state index in [4.69, 9.17) is 0 Å². The fraction of sp³-hybridized carbons (Fsp3) is 0.533. The fourth-order valence-electron chi connectivity index (χ4n) is 2.55. The Balaban J connectivity index is 3.04. The van der Waals surface area contributed by atoms with Gasteiger partial charge in [0.1, 0.15) is 0 Å². The Morgan fingerprint density at radius 3 is 2.26 bits per heavy atom. The van der Waals surface area contributed by atoms with Gasteiger partial charge in [-0.15, -0.1) is 0 Å². The minimum atomic E-state index is -0.921. The zero-order valence-electron chi connectivity index (χ0n) is 12.0. The van der Waals surface area contributed by atoms with Crippen LogP contribution in [-0.2, 0) is 11.2 Å². The van der Waals surface area contributed by atoms with Gasteiger partial charge in [0.05, 0.1) is 5.54 Å². The van der Waals surface area contributed by atoms with E-state index in [2.05, 4.69) is 0 Å². The maximum atomic E-state index is 13.6. The average Bonchev–Trinajstić information content (AvgIpc) is 2.36. The van der Waals surface area contributed by atoms with Gasteiger partial charge in [-0.3, -0.25) is 9.69 Å². The zero-order valence-corrected chi connectivity index (χ0v) is 12.0. The topological polar surface area (TPSA) is 20.3 Å². The van der Waals surface area contributed by atoms with Crippen molar-refractivity contribution in [3.05, 3.63) is 35.4 Å². The summed E-state index contributed by atoms with van der Waals surface area (Å²) in [6.07, 6.45) is 1.21. The van der Waals surface area contributed by atoms with Gasteiger partial charge < -0.3 is 0 Å². The van der Waals surface area contributed by atoms with E-state index in [1.165, 1.54) is 12.1 Å². The summed E-state index contributed by atoms with van der Waals surface area (Å²) < 4.78 is 26.8. The molecule has 1 aromatic carbocycles. The van der Waals surface area contributed by atoms with Crippen molar-refractivity contribution >= 4 is 5.78 Å². The number of rotatable bonds is 6. The maximum absolute atomic E-state index is 13.6. The summed E-state index contributed by atoms with van der Waals surface area (Å²) in [6, 6.07) is 3.94. The normalized spacial score (nSPS) is 11.9. The SMILES string of the molecule is CCC(CC)(C(=O)Cc1cccc(F)c1F)N(C)C. The van der Waals surface area contributed by atoms with Gasteiger partial charge in [0.2, 0.25) is 0 Å². The molecule has 0 spiro atoms. The summed E-state index contributed by atoms with van der Waals surface area (Å²) in [6.45, 7) is 3.87. The Morgan fingerprint density at radius 2 is 1.79 bits per heavy atom. The lowest BCUT2D eigenvalue weighted by Gasteiger charge is -2.37. The molecule has 19 heavy (non-hydrogen) atoms. The van der Waals surface area contributed by atoms with Crippen LogP contribution in [0.15, 0.2) is 18.2 Å². The molecule has 0 saturated carbocycles. The van der Waals surface area contributed by atoms with Crippen LogP contribution in [-0.4, -0.2) is 30.3 Å². The number of halogens is 2. The van der Waals surface area contributed by atoms with Gasteiger partial charge in [0.25, 0.3) is 0 Å². The molecule has 0 heterocycles. The van der Waals surface area contributed by atoms with Crippen molar-refractivity contribution in [1.82, 2.24) is 4.90 Å². The molecular weight excluding hydrogens is 248 g/mol. The van der Waals surface area contributed by atoms with E-state index < -0.39 is 17.2 Å². The number of ketones is 1. The van der Waals surface area contributed by atoms with Gasteiger partial charge in [-0.1, -0.05) is 26.0 Å². The first-order chi connectivity index (χ1) is 8.89. The number of hydrogen-bond donors (Lipinski definition) is 0. The second-order valence-corrected chi connectivity index (χ2v) is 4.95. The van der Waals surface area contributed by atoms with Crippen LogP contribution < -0.4 is 0 Å². The van der Waals surface area contributed by atoms with E-state index in [1.807, 2.05) is 32.8 Å². The average molecular weight is 269 g/mol. The van der Waals surface area contributed by atoms with E-state index in [0.717, 1.165) is 6.07 Å². The number of nitrogens with zero attached hydrogens (tertiary/aromatic N) is 1. The van der Waals surface area contributed by atoms with Crippen molar-refractivity contribution < 1.29 is 13.6 Å². The summed E-state index contributed by atoms with van der Waals surface area (Å²) in [5.74, 6) is -1.91. The number of hydrogen-bond acceptors (Lipinski definition) is 2. The van der Waals surface area contributed by atoms with Crippen LogP contribution in [0.5, 0.6) is 0 Å². The van der Waals surface area contributed by atoms with Crippen molar-refractivity contribution in [3.63, 3.8) is 0 Å². The number of carbonyl (C=O) groups excluding carboxylic acids is 1. The third-order valence-corrected chi connectivity index (χ3v) is 3.93. The molecule has 0 N–H and O–H groups in total. The highest BCUT2D eigenvalue weighted by Gasteiger charge is 2.36. The summed E-state index contributed by atoms with van der Waals surface area (Å²) in [4.78, 5) is 14.3. The second kappa shape index (κ2) is 6.24. The molecule has 0 atom stereocenters. The predicted octanol–water partition coefficient (Wildman–Crippen LogP) is 3.20. The van der Waals surface area contributed by atoms with E-state index in [9.17, 15) is 13.6 Å². The minimum absolute atomic E-state index is 0.0769. The first kappa shape index (κ1) is 15.8. The molecule has 1 rings (SSSR count). The third-order valence-electron chi connectivity index (χ3n) is 3.93. The Bertz CT molecular complexity index is 453. The van der Waals surface area contributed by atoms with Crippen molar-refractivity contribution in [2.24, 2.45) is 0 Å². The molecule has 0 aliphatic heterocycles. The molecule has 1 aromatic rings. The lowest BCUT2D eigenvalue weighted by Crippen LogP contribution is -2.51. The molecule has 106 valence electrons. The Hall–Kier alpha value is -1.29. The van der Waals surface area contributed by atoms with Crippen LogP contribution in [0.4, 0.5) is 8.78 Å². The number of benzene rings is 1. The first-order valence-corrected chi connectivity index (χ1v) is 6.52. The highest BCUT2D eigenvalue weighted by Crippen LogP contribution is 2.25. The molecule has 0 radical (unpaired) electrons. The standard InChI is InChI=1S/C15H21F2NO/c1-5-15(6-2,18(3)4)13(19)10-11-8-7-9-12(16)14(11)17/h7-9H,5-6,10H2,1-4H3. The summed E-state index contributed by atoms with van der Waals surface area (Å²) >= 11 is 0. The molecule has 0 amide bonds. The maximum Gasteiger partial charge on any atom is 0.162 e. The molecule has 0 aromatic heterocycles. The Labute approximate surface area is 113 Å². The largest absolute Gasteiger partial charge is 0.297 e. The molecule has 0 bridgehead atoms. The first-order valence-electron chi connectivity index (χ1n) is 6.52. The summed E-state index contributed by atoms with van der Waals surface area (Å²) in [7, 11) is 3.68. The van der Waals surface area contributed by atoms with Gasteiger partial charge >= 0.3 is 0 Å². The second-order valence-electron chi connectivity index (χ2n) is 4.95. The van der Waals surface area contributed by atoms with Crippen LogP contribution >= 0.6 is 0 Å². The monoisotopic (exact) mass is 269 g/mol. The molecule has 0 aliphatic carbocycles. The van der Waals surface area contributed by atoms with Crippen LogP contribution in [0, 0.1) is 11.6 Å². The highest BCUT2D eigenvalue weighted by atomic mass is 19.2. The third kappa shape index (κ3) is 3.00. The summed E-state index contributed by atoms with van der Waals surface area (Å²) in [5.41, 5.74) is -0.489. The number of Topliss-reactive ketones (excluding diaryl/α,β-unsaturated/α-hetero) is 1. The van der Waals surface area contributed by atoms with Gasteiger partial charge in [-0.25, -0.2) is 8.78 Å². The molecule has 4 heteroatoms. The molecule has 0 unspecified atom stereocenters. The minimum Gasteiger partial charge on any atom is -0.297 e. The van der Waals surface area contributed by atoms with E-state index in [0.29, 0.717) is 12.8 Å². The molecule has 2 nitrogen and oxygen atoms in total. The Kier molecular flexibility index (Phi) is 5.18. The molecule has 0 aliphatic rings. The van der Waals surface area contributed by atoms with Crippen molar-refractivity contribution in [2.45, 2.75) is 38.6 Å². The van der Waals surface area contributed by atoms with E-state index in [1.54, 1.807) is 0 Å². The van der Waals surface area contributed by atoms with Crippen molar-refractivity contribution in [1.29, 1.82) is 0 Å². The lowest BCUT2D eigenvalue weighted by atomic mass is 9.83. The van der Waals surface area contributed by atoms with E-state index >= 15 is 0 Å². The van der Waals surface area contributed by atoms with Crippen LogP contribution in [0.1, 0.15) is 32.3 Å².